The molecular formula is C15H15BrFN3S. The summed E-state index contributed by atoms with van der Waals surface area (Å²) in [6, 6.07) is 4.96. The highest BCUT2D eigenvalue weighted by molar-refractivity contribution is 9.10. The number of nitrogens with one attached hydrogen (secondary N) is 1. The lowest BCUT2D eigenvalue weighted by atomic mass is 10.0. The molecule has 2 aromatic heterocycles. The molecule has 0 saturated heterocycles. The number of hydrogen-bond donors (Lipinski definition) is 1. The van der Waals surface area contributed by atoms with Crippen LogP contribution in [-0.4, -0.2) is 15.9 Å². The van der Waals surface area contributed by atoms with E-state index in [9.17, 15) is 4.39 Å². The zero-order valence-corrected chi connectivity index (χ0v) is 13.9. The monoisotopic (exact) mass is 367 g/mol. The average molecular weight is 368 g/mol. The number of aromatic nitrogens is 2. The van der Waals surface area contributed by atoms with Gasteiger partial charge in [0, 0.05) is 40.3 Å². The third kappa shape index (κ3) is 3.17. The molecule has 6 heteroatoms. The molecule has 0 aliphatic heterocycles. The summed E-state index contributed by atoms with van der Waals surface area (Å²) in [6.07, 6.45) is 4.65. The Kier molecular flexibility index (Phi) is 4.37. The molecule has 1 N–H and O–H groups in total. The summed E-state index contributed by atoms with van der Waals surface area (Å²) in [5, 5.41) is 5.35. The zero-order chi connectivity index (χ0) is 14.8. The lowest BCUT2D eigenvalue weighted by molar-refractivity contribution is 0.506. The van der Waals surface area contributed by atoms with Gasteiger partial charge >= 0.3 is 0 Å². The number of fused-ring (bicyclic) bond motifs is 1. The van der Waals surface area contributed by atoms with E-state index >= 15 is 0 Å². The molecule has 3 nitrogen and oxygen atoms in total. The van der Waals surface area contributed by atoms with E-state index in [1.165, 1.54) is 6.07 Å². The number of imidazole rings is 1. The maximum atomic E-state index is 14.1. The summed E-state index contributed by atoms with van der Waals surface area (Å²) in [5.74, 6) is -0.190. The number of rotatable bonds is 5. The Bertz CT molecular complexity index is 724. The minimum atomic E-state index is -0.190. The first-order valence-corrected chi connectivity index (χ1v) is 8.44. The molecule has 0 aliphatic carbocycles. The number of likely N-dealkylation sites (N-methyl/N-ethyl adjacent to an activating group) is 1. The summed E-state index contributed by atoms with van der Waals surface area (Å²) in [5.41, 5.74) is 1.63. The van der Waals surface area contributed by atoms with Gasteiger partial charge in [0.15, 0.2) is 4.96 Å². The van der Waals surface area contributed by atoms with Crippen LogP contribution >= 0.6 is 27.3 Å². The lowest BCUT2D eigenvalue weighted by Gasteiger charge is -2.18. The van der Waals surface area contributed by atoms with Crippen molar-refractivity contribution < 1.29 is 4.39 Å². The van der Waals surface area contributed by atoms with E-state index in [1.54, 1.807) is 17.4 Å². The second kappa shape index (κ2) is 6.25. The normalized spacial score (nSPS) is 12.9. The predicted octanol–water partition coefficient (Wildman–Crippen LogP) is 4.19. The van der Waals surface area contributed by atoms with Gasteiger partial charge in [0.05, 0.1) is 5.69 Å². The molecule has 1 atom stereocenters. The molecule has 1 aromatic carbocycles. The Labute approximate surface area is 135 Å². The molecule has 0 aliphatic rings. The SMILES string of the molecule is CCNC(Cc1cn2ccsc2n1)c1cc(Br)ccc1F. The highest BCUT2D eigenvalue weighted by atomic mass is 79.9. The minimum absolute atomic E-state index is 0.0860. The van der Waals surface area contributed by atoms with Crippen LogP contribution in [0.25, 0.3) is 4.96 Å². The first-order valence-electron chi connectivity index (χ1n) is 6.76. The molecule has 0 radical (unpaired) electrons. The zero-order valence-electron chi connectivity index (χ0n) is 11.5. The molecule has 0 bridgehead atoms. The van der Waals surface area contributed by atoms with Gasteiger partial charge in [-0.2, -0.15) is 0 Å². The van der Waals surface area contributed by atoms with E-state index in [4.69, 9.17) is 0 Å². The molecule has 3 rings (SSSR count). The Morgan fingerprint density at radius 1 is 1.48 bits per heavy atom. The van der Waals surface area contributed by atoms with Crippen molar-refractivity contribution in [3.05, 3.63) is 57.5 Å². The fourth-order valence-electron chi connectivity index (χ4n) is 2.40. The van der Waals surface area contributed by atoms with Crippen LogP contribution < -0.4 is 5.32 Å². The number of nitrogens with zero attached hydrogens (tertiary/aromatic N) is 2. The van der Waals surface area contributed by atoms with Crippen LogP contribution in [0.3, 0.4) is 0 Å². The molecule has 2 heterocycles. The molecule has 0 amide bonds. The fraction of sp³-hybridized carbons (Fsp3) is 0.267. The number of benzene rings is 1. The quantitative estimate of drug-likeness (QED) is 0.732. The predicted molar refractivity (Wildman–Crippen MR) is 87.3 cm³/mol. The van der Waals surface area contributed by atoms with E-state index in [-0.39, 0.29) is 11.9 Å². The van der Waals surface area contributed by atoms with Crippen LogP contribution in [-0.2, 0) is 6.42 Å². The van der Waals surface area contributed by atoms with Gasteiger partial charge in [0.25, 0.3) is 0 Å². The maximum Gasteiger partial charge on any atom is 0.193 e. The van der Waals surface area contributed by atoms with Crippen LogP contribution in [0.4, 0.5) is 4.39 Å². The maximum absolute atomic E-state index is 14.1. The van der Waals surface area contributed by atoms with Crippen molar-refractivity contribution >= 4 is 32.2 Å². The Morgan fingerprint density at radius 3 is 3.10 bits per heavy atom. The van der Waals surface area contributed by atoms with E-state index in [0.29, 0.717) is 12.0 Å². The van der Waals surface area contributed by atoms with Gasteiger partial charge in [0.1, 0.15) is 5.82 Å². The van der Waals surface area contributed by atoms with Crippen molar-refractivity contribution in [3.8, 4) is 0 Å². The molecule has 110 valence electrons. The summed E-state index contributed by atoms with van der Waals surface area (Å²) < 4.78 is 17.0. The van der Waals surface area contributed by atoms with Crippen molar-refractivity contribution in [1.82, 2.24) is 14.7 Å². The summed E-state index contributed by atoms with van der Waals surface area (Å²) in [4.78, 5) is 5.55. The van der Waals surface area contributed by atoms with Crippen molar-refractivity contribution in [3.63, 3.8) is 0 Å². The van der Waals surface area contributed by atoms with Crippen LogP contribution in [0.15, 0.2) is 40.4 Å². The Morgan fingerprint density at radius 2 is 2.33 bits per heavy atom. The number of halogens is 2. The molecule has 21 heavy (non-hydrogen) atoms. The van der Waals surface area contributed by atoms with Crippen molar-refractivity contribution in [2.75, 3.05) is 6.54 Å². The van der Waals surface area contributed by atoms with E-state index in [2.05, 4.69) is 26.2 Å². The van der Waals surface area contributed by atoms with Gasteiger partial charge in [0.2, 0.25) is 0 Å². The van der Waals surface area contributed by atoms with E-state index in [0.717, 1.165) is 21.7 Å². The highest BCUT2D eigenvalue weighted by Crippen LogP contribution is 2.25. The summed E-state index contributed by atoms with van der Waals surface area (Å²) in [7, 11) is 0. The second-order valence-corrected chi connectivity index (χ2v) is 6.59. The standard InChI is InChI=1S/C15H15BrFN3S/c1-2-18-14(12-7-10(16)3-4-13(12)17)8-11-9-20-5-6-21-15(20)19-11/h3-7,9,14,18H,2,8H2,1H3. The second-order valence-electron chi connectivity index (χ2n) is 4.81. The van der Waals surface area contributed by atoms with Gasteiger partial charge in [-0.05, 0) is 24.7 Å². The molecular weight excluding hydrogens is 353 g/mol. The average Bonchev–Trinajstić information content (AvgIpc) is 3.02. The number of hydrogen-bond acceptors (Lipinski definition) is 3. The smallest absolute Gasteiger partial charge is 0.193 e. The topological polar surface area (TPSA) is 29.3 Å². The van der Waals surface area contributed by atoms with Crippen LogP contribution in [0.1, 0.15) is 24.2 Å². The Balaban J connectivity index is 1.90. The van der Waals surface area contributed by atoms with Gasteiger partial charge < -0.3 is 5.32 Å². The van der Waals surface area contributed by atoms with Gasteiger partial charge in [-0.15, -0.1) is 11.3 Å². The fourth-order valence-corrected chi connectivity index (χ4v) is 3.50. The van der Waals surface area contributed by atoms with E-state index < -0.39 is 0 Å². The van der Waals surface area contributed by atoms with Crippen LogP contribution in [0.5, 0.6) is 0 Å². The number of thiazole rings is 1. The first kappa shape index (κ1) is 14.7. The van der Waals surface area contributed by atoms with Crippen LogP contribution in [0.2, 0.25) is 0 Å². The van der Waals surface area contributed by atoms with Crippen molar-refractivity contribution in [2.45, 2.75) is 19.4 Å². The molecule has 3 aromatic rings. The van der Waals surface area contributed by atoms with Gasteiger partial charge in [-0.3, -0.25) is 4.40 Å². The van der Waals surface area contributed by atoms with Gasteiger partial charge in [-0.1, -0.05) is 22.9 Å². The van der Waals surface area contributed by atoms with Gasteiger partial charge in [-0.25, -0.2) is 9.37 Å². The lowest BCUT2D eigenvalue weighted by Crippen LogP contribution is -2.24. The summed E-state index contributed by atoms with van der Waals surface area (Å²) in [6.45, 7) is 2.80. The molecule has 0 spiro atoms. The van der Waals surface area contributed by atoms with Crippen molar-refractivity contribution in [2.24, 2.45) is 0 Å². The minimum Gasteiger partial charge on any atom is -0.310 e. The van der Waals surface area contributed by atoms with Crippen LogP contribution in [0, 0.1) is 5.82 Å². The molecule has 1 unspecified atom stereocenters. The molecule has 0 saturated carbocycles. The largest absolute Gasteiger partial charge is 0.310 e. The highest BCUT2D eigenvalue weighted by Gasteiger charge is 2.17. The van der Waals surface area contributed by atoms with E-state index in [1.807, 2.05) is 35.2 Å². The summed E-state index contributed by atoms with van der Waals surface area (Å²) >= 11 is 5.01. The third-order valence-corrected chi connectivity index (χ3v) is 4.60. The third-order valence-electron chi connectivity index (χ3n) is 3.34. The first-order chi connectivity index (χ1) is 10.2. The molecule has 0 fully saturated rings. The van der Waals surface area contributed by atoms with Crippen molar-refractivity contribution in [1.29, 1.82) is 0 Å². The Hall–Kier alpha value is -1.24.